The van der Waals surface area contributed by atoms with Crippen molar-refractivity contribution in [2.75, 3.05) is 0 Å². The Morgan fingerprint density at radius 2 is 2.08 bits per heavy atom. The van der Waals surface area contributed by atoms with Gasteiger partial charge in [0.05, 0.1) is 11.4 Å². The van der Waals surface area contributed by atoms with Crippen LogP contribution in [0.1, 0.15) is 10.5 Å². The minimum absolute atomic E-state index is 0.421. The van der Waals surface area contributed by atoms with Crippen LogP contribution in [0.2, 0.25) is 0 Å². The van der Waals surface area contributed by atoms with Gasteiger partial charge in [-0.1, -0.05) is 0 Å². The molecule has 0 spiro atoms. The van der Waals surface area contributed by atoms with Gasteiger partial charge in [0, 0.05) is 6.20 Å². The van der Waals surface area contributed by atoms with Gasteiger partial charge in [0.15, 0.2) is 0 Å². The Morgan fingerprint density at radius 1 is 1.23 bits per heavy atom. The number of primary amides is 1. The molecule has 4 heteroatoms. The third-order valence-corrected chi connectivity index (χ3v) is 1.84. The summed E-state index contributed by atoms with van der Waals surface area (Å²) in [5.41, 5.74) is 7.32. The number of H-pyrrole nitrogens is 2. The van der Waals surface area contributed by atoms with E-state index in [2.05, 4.69) is 9.97 Å². The van der Waals surface area contributed by atoms with Crippen LogP contribution in [-0.2, 0) is 0 Å². The summed E-state index contributed by atoms with van der Waals surface area (Å²) < 4.78 is 0. The van der Waals surface area contributed by atoms with Gasteiger partial charge >= 0.3 is 0 Å². The lowest BCUT2D eigenvalue weighted by Crippen LogP contribution is -2.10. The zero-order chi connectivity index (χ0) is 9.26. The average molecular weight is 175 g/mol. The molecule has 1 amide bonds. The smallest absolute Gasteiger partial charge is 0.265 e. The molecule has 0 aromatic carbocycles. The summed E-state index contributed by atoms with van der Waals surface area (Å²) in [4.78, 5) is 16.7. The van der Waals surface area contributed by atoms with Crippen molar-refractivity contribution in [3.8, 4) is 11.4 Å². The molecular formula is C9H9N3O. The summed E-state index contributed by atoms with van der Waals surface area (Å²) in [6.07, 6.45) is 1.82. The summed E-state index contributed by atoms with van der Waals surface area (Å²) in [6.45, 7) is 0. The van der Waals surface area contributed by atoms with Gasteiger partial charge < -0.3 is 15.7 Å². The van der Waals surface area contributed by atoms with Crippen LogP contribution < -0.4 is 5.73 Å². The minimum atomic E-state index is -0.446. The van der Waals surface area contributed by atoms with Crippen LogP contribution in [0.4, 0.5) is 0 Å². The molecule has 4 nitrogen and oxygen atoms in total. The van der Waals surface area contributed by atoms with Crippen LogP contribution in [0.5, 0.6) is 0 Å². The predicted molar refractivity (Wildman–Crippen MR) is 49.1 cm³/mol. The van der Waals surface area contributed by atoms with Crippen molar-refractivity contribution in [3.63, 3.8) is 0 Å². The van der Waals surface area contributed by atoms with Crippen LogP contribution in [0.15, 0.2) is 30.5 Å². The lowest BCUT2D eigenvalue weighted by Gasteiger charge is -1.91. The molecule has 0 bridgehead atoms. The summed E-state index contributed by atoms with van der Waals surface area (Å²) in [5, 5.41) is 0. The van der Waals surface area contributed by atoms with E-state index in [0.717, 1.165) is 11.4 Å². The van der Waals surface area contributed by atoms with Crippen LogP contribution in [0.3, 0.4) is 0 Å². The highest BCUT2D eigenvalue weighted by Gasteiger charge is 2.04. The summed E-state index contributed by atoms with van der Waals surface area (Å²) in [6, 6.07) is 7.28. The molecule has 2 aromatic rings. The average Bonchev–Trinajstić information content (AvgIpc) is 2.75. The number of aromatic nitrogens is 2. The first-order valence-electron chi connectivity index (χ1n) is 3.90. The molecule has 13 heavy (non-hydrogen) atoms. The molecule has 0 aliphatic rings. The lowest BCUT2D eigenvalue weighted by atomic mass is 10.3. The van der Waals surface area contributed by atoms with Crippen LogP contribution in [0.25, 0.3) is 11.4 Å². The number of nitrogens with two attached hydrogens (primary N) is 1. The highest BCUT2D eigenvalue weighted by molar-refractivity contribution is 5.91. The van der Waals surface area contributed by atoms with Crippen LogP contribution in [0, 0.1) is 0 Å². The first-order valence-corrected chi connectivity index (χ1v) is 3.90. The maximum Gasteiger partial charge on any atom is 0.265 e. The van der Waals surface area contributed by atoms with E-state index < -0.39 is 5.91 Å². The number of carbonyl (C=O) groups is 1. The van der Waals surface area contributed by atoms with E-state index in [1.165, 1.54) is 0 Å². The van der Waals surface area contributed by atoms with Gasteiger partial charge in [0.2, 0.25) is 0 Å². The largest absolute Gasteiger partial charge is 0.364 e. The molecule has 0 saturated carbocycles. The SMILES string of the molecule is NC(=O)c1ccc(-c2ccc[nH]2)[nH]1. The highest BCUT2D eigenvalue weighted by Crippen LogP contribution is 2.15. The molecule has 2 rings (SSSR count). The Labute approximate surface area is 74.8 Å². The van der Waals surface area contributed by atoms with Crippen molar-refractivity contribution >= 4 is 5.91 Å². The van der Waals surface area contributed by atoms with Crippen LogP contribution >= 0.6 is 0 Å². The second kappa shape index (κ2) is 2.82. The molecule has 2 heterocycles. The minimum Gasteiger partial charge on any atom is -0.364 e. The Hall–Kier alpha value is -1.97. The van der Waals surface area contributed by atoms with Gasteiger partial charge in [-0.15, -0.1) is 0 Å². The fraction of sp³-hybridized carbons (Fsp3) is 0. The fourth-order valence-electron chi connectivity index (χ4n) is 1.19. The standard InChI is InChI=1S/C9H9N3O/c10-9(13)8-4-3-7(12-8)6-2-1-5-11-6/h1-5,11-12H,(H2,10,13). The summed E-state index contributed by atoms with van der Waals surface area (Å²) >= 11 is 0. The molecule has 0 fully saturated rings. The van der Waals surface area contributed by atoms with Gasteiger partial charge in [0.25, 0.3) is 5.91 Å². The number of carbonyl (C=O) groups excluding carboxylic acids is 1. The zero-order valence-electron chi connectivity index (χ0n) is 6.87. The first kappa shape index (κ1) is 7.67. The van der Waals surface area contributed by atoms with Crippen LogP contribution in [-0.4, -0.2) is 15.9 Å². The number of amides is 1. The van der Waals surface area contributed by atoms with E-state index >= 15 is 0 Å². The Balaban J connectivity index is 2.39. The molecule has 4 N–H and O–H groups in total. The van der Waals surface area contributed by atoms with Crippen molar-refractivity contribution < 1.29 is 4.79 Å². The number of hydrogen-bond acceptors (Lipinski definition) is 1. The van der Waals surface area contributed by atoms with Crippen molar-refractivity contribution in [1.82, 2.24) is 9.97 Å². The Morgan fingerprint density at radius 3 is 2.62 bits per heavy atom. The molecule has 2 aromatic heterocycles. The quantitative estimate of drug-likeness (QED) is 0.628. The first-order chi connectivity index (χ1) is 6.27. The van der Waals surface area contributed by atoms with Gasteiger partial charge in [-0.3, -0.25) is 4.79 Å². The molecule has 0 unspecified atom stereocenters. The number of hydrogen-bond donors (Lipinski definition) is 3. The normalized spacial score (nSPS) is 10.2. The number of rotatable bonds is 2. The molecule has 0 saturated heterocycles. The number of aromatic amines is 2. The maximum absolute atomic E-state index is 10.8. The van der Waals surface area contributed by atoms with Crippen molar-refractivity contribution in [2.24, 2.45) is 5.73 Å². The molecule has 66 valence electrons. The van der Waals surface area contributed by atoms with Crippen molar-refractivity contribution in [3.05, 3.63) is 36.2 Å². The molecule has 0 aliphatic carbocycles. The van der Waals surface area contributed by atoms with Crippen molar-refractivity contribution in [2.45, 2.75) is 0 Å². The third-order valence-electron chi connectivity index (χ3n) is 1.84. The second-order valence-electron chi connectivity index (χ2n) is 2.73. The predicted octanol–water partition coefficient (Wildman–Crippen LogP) is 1.11. The molecular weight excluding hydrogens is 166 g/mol. The van der Waals surface area contributed by atoms with E-state index in [1.807, 2.05) is 24.4 Å². The van der Waals surface area contributed by atoms with E-state index in [0.29, 0.717) is 5.69 Å². The number of nitrogens with one attached hydrogen (secondary N) is 2. The van der Waals surface area contributed by atoms with E-state index in [9.17, 15) is 4.79 Å². The van der Waals surface area contributed by atoms with Gasteiger partial charge in [-0.05, 0) is 24.3 Å². The summed E-state index contributed by atoms with van der Waals surface area (Å²) in [7, 11) is 0. The summed E-state index contributed by atoms with van der Waals surface area (Å²) in [5.74, 6) is -0.446. The van der Waals surface area contributed by atoms with E-state index in [1.54, 1.807) is 6.07 Å². The Kier molecular flexibility index (Phi) is 1.66. The van der Waals surface area contributed by atoms with Gasteiger partial charge in [-0.2, -0.15) is 0 Å². The third kappa shape index (κ3) is 1.33. The topological polar surface area (TPSA) is 74.7 Å². The zero-order valence-corrected chi connectivity index (χ0v) is 6.87. The highest BCUT2D eigenvalue weighted by atomic mass is 16.1. The van der Waals surface area contributed by atoms with E-state index in [4.69, 9.17) is 5.73 Å². The van der Waals surface area contributed by atoms with Gasteiger partial charge in [-0.25, -0.2) is 0 Å². The van der Waals surface area contributed by atoms with E-state index in [-0.39, 0.29) is 0 Å². The van der Waals surface area contributed by atoms with Crippen molar-refractivity contribution in [1.29, 1.82) is 0 Å². The monoisotopic (exact) mass is 175 g/mol. The second-order valence-corrected chi connectivity index (χ2v) is 2.73. The molecule has 0 radical (unpaired) electrons. The van der Waals surface area contributed by atoms with Gasteiger partial charge in [0.1, 0.15) is 5.69 Å². The molecule has 0 atom stereocenters. The lowest BCUT2D eigenvalue weighted by molar-refractivity contribution is 0.0996. The maximum atomic E-state index is 10.8. The molecule has 0 aliphatic heterocycles. The Bertz CT molecular complexity index is 414. The fourth-order valence-corrected chi connectivity index (χ4v) is 1.19.